The van der Waals surface area contributed by atoms with Gasteiger partial charge in [-0.2, -0.15) is 0 Å². The maximum atomic E-state index is 11.2. The Morgan fingerprint density at radius 3 is 2.25 bits per heavy atom. The summed E-state index contributed by atoms with van der Waals surface area (Å²) in [5.74, 6) is 0.857. The van der Waals surface area contributed by atoms with Crippen molar-refractivity contribution in [3.63, 3.8) is 0 Å². The first-order chi connectivity index (χ1) is 17.2. The van der Waals surface area contributed by atoms with Crippen LogP contribution in [0.5, 0.6) is 28.7 Å². The van der Waals surface area contributed by atoms with Gasteiger partial charge in [-0.1, -0.05) is 23.3 Å². The van der Waals surface area contributed by atoms with E-state index in [1.54, 1.807) is 24.4 Å². The van der Waals surface area contributed by atoms with E-state index >= 15 is 0 Å². The molecule has 0 bridgehead atoms. The molecule has 0 saturated carbocycles. The number of anilines is 1. The molecule has 1 heterocycles. The Labute approximate surface area is 212 Å². The molecule has 190 valence electrons. The van der Waals surface area contributed by atoms with Crippen LogP contribution in [0.1, 0.15) is 27.7 Å². The standard InChI is InChI=1S/C29H34N2O5/c1-18(2)11-13-30-21-8-9-23(31-17-21)22-16-26(34-5)27(28(33)29(22)35-6)20-7-10-25(24(32)15-20)36-14-12-19(3)4/h7-12,15-17,30,32-33H,13-14H2,1-6H3. The summed E-state index contributed by atoms with van der Waals surface area (Å²) in [4.78, 5) is 4.55. The van der Waals surface area contributed by atoms with E-state index in [-0.39, 0.29) is 17.2 Å². The third-order valence-corrected chi connectivity index (χ3v) is 5.48. The van der Waals surface area contributed by atoms with Crippen LogP contribution in [-0.2, 0) is 0 Å². The molecule has 0 amide bonds. The van der Waals surface area contributed by atoms with Gasteiger partial charge in [-0.05, 0) is 69.7 Å². The molecule has 0 aliphatic carbocycles. The predicted molar refractivity (Wildman–Crippen MR) is 144 cm³/mol. The minimum atomic E-state index is -0.114. The van der Waals surface area contributed by atoms with E-state index in [2.05, 4.69) is 16.4 Å². The van der Waals surface area contributed by atoms with Crippen LogP contribution in [0.2, 0.25) is 0 Å². The molecule has 3 N–H and O–H groups in total. The number of benzene rings is 2. The molecule has 3 aromatic rings. The van der Waals surface area contributed by atoms with Crippen LogP contribution in [0, 0.1) is 0 Å². The minimum absolute atomic E-state index is 0.0444. The van der Waals surface area contributed by atoms with Gasteiger partial charge in [-0.3, -0.25) is 4.98 Å². The lowest BCUT2D eigenvalue weighted by Gasteiger charge is -2.18. The van der Waals surface area contributed by atoms with Gasteiger partial charge in [0.2, 0.25) is 0 Å². The van der Waals surface area contributed by atoms with Crippen molar-refractivity contribution in [1.29, 1.82) is 0 Å². The number of phenolic OH excluding ortho intramolecular Hbond substituents is 2. The van der Waals surface area contributed by atoms with Crippen molar-refractivity contribution in [2.75, 3.05) is 32.7 Å². The average molecular weight is 491 g/mol. The number of pyridine rings is 1. The first-order valence-electron chi connectivity index (χ1n) is 11.7. The zero-order chi connectivity index (χ0) is 26.2. The Hall–Kier alpha value is -4.13. The Kier molecular flexibility index (Phi) is 8.84. The molecule has 0 spiro atoms. The van der Waals surface area contributed by atoms with Gasteiger partial charge in [0.25, 0.3) is 0 Å². The Morgan fingerprint density at radius 2 is 1.67 bits per heavy atom. The molecule has 0 fully saturated rings. The Balaban J connectivity index is 1.97. The number of allylic oxidation sites excluding steroid dienone is 2. The van der Waals surface area contributed by atoms with Crippen molar-refractivity contribution in [2.45, 2.75) is 27.7 Å². The molecule has 36 heavy (non-hydrogen) atoms. The third-order valence-electron chi connectivity index (χ3n) is 5.48. The molecule has 0 saturated heterocycles. The first-order valence-corrected chi connectivity index (χ1v) is 11.7. The van der Waals surface area contributed by atoms with Gasteiger partial charge in [0.05, 0.1) is 37.4 Å². The summed E-state index contributed by atoms with van der Waals surface area (Å²) in [7, 11) is 3.01. The van der Waals surface area contributed by atoms with Crippen LogP contribution in [-0.4, -0.2) is 42.6 Å². The van der Waals surface area contributed by atoms with Crippen molar-refractivity contribution in [3.05, 3.63) is 65.9 Å². The number of hydrogen-bond acceptors (Lipinski definition) is 7. The van der Waals surface area contributed by atoms with E-state index in [0.29, 0.717) is 47.0 Å². The topological polar surface area (TPSA) is 93.1 Å². The fourth-order valence-corrected chi connectivity index (χ4v) is 3.59. The molecular weight excluding hydrogens is 456 g/mol. The molecule has 0 aliphatic heterocycles. The van der Waals surface area contributed by atoms with Crippen molar-refractivity contribution < 1.29 is 24.4 Å². The fourth-order valence-electron chi connectivity index (χ4n) is 3.59. The van der Waals surface area contributed by atoms with Crippen LogP contribution in [0.3, 0.4) is 0 Å². The number of hydrogen-bond donors (Lipinski definition) is 3. The van der Waals surface area contributed by atoms with Gasteiger partial charge in [0.1, 0.15) is 12.4 Å². The molecule has 1 aromatic heterocycles. The number of ether oxygens (including phenoxy) is 3. The molecule has 0 unspecified atom stereocenters. The highest BCUT2D eigenvalue weighted by Gasteiger charge is 2.23. The minimum Gasteiger partial charge on any atom is -0.504 e. The lowest BCUT2D eigenvalue weighted by molar-refractivity contribution is 0.335. The summed E-state index contributed by atoms with van der Waals surface area (Å²) >= 11 is 0. The maximum Gasteiger partial charge on any atom is 0.170 e. The second kappa shape index (κ2) is 12.0. The van der Waals surface area contributed by atoms with E-state index in [1.165, 1.54) is 25.9 Å². The van der Waals surface area contributed by atoms with Crippen LogP contribution in [0.15, 0.2) is 65.9 Å². The second-order valence-electron chi connectivity index (χ2n) is 8.75. The molecule has 3 rings (SSSR count). The predicted octanol–water partition coefficient (Wildman–Crippen LogP) is 6.57. The molecule has 7 heteroatoms. The number of aromatic hydroxyl groups is 2. The molecule has 0 atom stereocenters. The van der Waals surface area contributed by atoms with E-state index in [9.17, 15) is 10.2 Å². The van der Waals surface area contributed by atoms with Crippen LogP contribution in [0.25, 0.3) is 22.4 Å². The monoisotopic (exact) mass is 490 g/mol. The number of nitrogens with one attached hydrogen (secondary N) is 1. The average Bonchev–Trinajstić information content (AvgIpc) is 2.84. The van der Waals surface area contributed by atoms with E-state index in [0.717, 1.165) is 11.3 Å². The molecule has 2 aromatic carbocycles. The van der Waals surface area contributed by atoms with Gasteiger partial charge < -0.3 is 29.7 Å². The molecular formula is C29H34N2O5. The number of methoxy groups -OCH3 is 2. The van der Waals surface area contributed by atoms with E-state index in [1.807, 2.05) is 45.9 Å². The largest absolute Gasteiger partial charge is 0.504 e. The van der Waals surface area contributed by atoms with Gasteiger partial charge in [0.15, 0.2) is 23.0 Å². The Bertz CT molecular complexity index is 1260. The Morgan fingerprint density at radius 1 is 0.917 bits per heavy atom. The SMILES string of the molecule is COc1cc(-c2ccc(NCC=C(C)C)cn2)c(OC)c(O)c1-c1ccc(OCC=C(C)C)c(O)c1. The van der Waals surface area contributed by atoms with Crippen molar-refractivity contribution >= 4 is 5.69 Å². The van der Waals surface area contributed by atoms with Crippen LogP contribution < -0.4 is 19.5 Å². The van der Waals surface area contributed by atoms with Crippen molar-refractivity contribution in [1.82, 2.24) is 4.98 Å². The zero-order valence-electron chi connectivity index (χ0n) is 21.7. The highest BCUT2D eigenvalue weighted by Crippen LogP contribution is 2.50. The zero-order valence-corrected chi connectivity index (χ0v) is 21.7. The van der Waals surface area contributed by atoms with E-state index < -0.39 is 0 Å². The summed E-state index contributed by atoms with van der Waals surface area (Å²) in [6.07, 6.45) is 5.75. The van der Waals surface area contributed by atoms with Gasteiger partial charge >= 0.3 is 0 Å². The summed E-state index contributed by atoms with van der Waals surface area (Å²) in [6, 6.07) is 10.5. The smallest absolute Gasteiger partial charge is 0.170 e. The lowest BCUT2D eigenvalue weighted by atomic mass is 9.98. The summed E-state index contributed by atoms with van der Waals surface area (Å²) in [5.41, 5.74) is 5.38. The maximum absolute atomic E-state index is 11.2. The number of phenols is 2. The summed E-state index contributed by atoms with van der Waals surface area (Å²) < 4.78 is 16.8. The van der Waals surface area contributed by atoms with E-state index in [4.69, 9.17) is 14.2 Å². The fraction of sp³-hybridized carbons (Fsp3) is 0.276. The molecule has 0 radical (unpaired) electrons. The number of rotatable bonds is 10. The normalized spacial score (nSPS) is 10.4. The van der Waals surface area contributed by atoms with Gasteiger partial charge in [-0.15, -0.1) is 0 Å². The van der Waals surface area contributed by atoms with Crippen LogP contribution in [0.4, 0.5) is 5.69 Å². The summed E-state index contributed by atoms with van der Waals surface area (Å²) in [5, 5.41) is 25.0. The quantitative estimate of drug-likeness (QED) is 0.277. The highest BCUT2D eigenvalue weighted by molar-refractivity contribution is 5.87. The number of nitrogens with zero attached hydrogens (tertiary/aromatic N) is 1. The molecule has 0 aliphatic rings. The second-order valence-corrected chi connectivity index (χ2v) is 8.75. The van der Waals surface area contributed by atoms with Gasteiger partial charge in [-0.25, -0.2) is 0 Å². The van der Waals surface area contributed by atoms with Crippen molar-refractivity contribution in [2.24, 2.45) is 0 Å². The summed E-state index contributed by atoms with van der Waals surface area (Å²) in [6.45, 7) is 9.11. The highest BCUT2D eigenvalue weighted by atomic mass is 16.5. The first kappa shape index (κ1) is 26.5. The number of aromatic nitrogens is 1. The van der Waals surface area contributed by atoms with Crippen LogP contribution >= 0.6 is 0 Å². The lowest BCUT2D eigenvalue weighted by Crippen LogP contribution is -2.00. The molecule has 7 nitrogen and oxygen atoms in total. The van der Waals surface area contributed by atoms with Crippen molar-refractivity contribution in [3.8, 4) is 51.1 Å². The third kappa shape index (κ3) is 6.30. The van der Waals surface area contributed by atoms with Gasteiger partial charge in [0, 0.05) is 12.1 Å².